The average molecular weight is 294 g/mol. The van der Waals surface area contributed by atoms with Crippen LogP contribution < -0.4 is 5.32 Å². The third kappa shape index (κ3) is 2.92. The molecule has 1 aliphatic heterocycles. The number of carbonyl (C=O) groups is 3. The van der Waals surface area contributed by atoms with Gasteiger partial charge in [0.25, 0.3) is 0 Å². The summed E-state index contributed by atoms with van der Waals surface area (Å²) in [7, 11) is 0. The number of hydrogen-bond donors (Lipinski definition) is 2. The number of imide groups is 1. The number of aromatic carboxylic acids is 1. The van der Waals surface area contributed by atoms with Crippen molar-refractivity contribution in [1.82, 2.24) is 10.2 Å². The van der Waals surface area contributed by atoms with E-state index in [1.165, 1.54) is 17.0 Å². The Morgan fingerprint density at radius 1 is 1.43 bits per heavy atom. The highest BCUT2D eigenvalue weighted by molar-refractivity contribution is 6.02. The number of benzene rings is 1. The molecule has 1 heterocycles. The second kappa shape index (κ2) is 5.25. The fourth-order valence-electron chi connectivity index (χ4n) is 2.12. The monoisotopic (exact) mass is 294 g/mol. The summed E-state index contributed by atoms with van der Waals surface area (Å²) >= 11 is 0. The van der Waals surface area contributed by atoms with Gasteiger partial charge in [0.15, 0.2) is 0 Å². The molecular weight excluding hydrogens is 279 g/mol. The standard InChI is InChI=1S/C14H15FN2O4/c1-14(2)13(21)16-11(18)7-17(14)6-9-5-8(12(19)20)3-4-10(9)15/h3-5H,6-7H2,1-2H3,(H,19,20)(H,16,18,21). The van der Waals surface area contributed by atoms with Gasteiger partial charge in [-0.2, -0.15) is 0 Å². The molecule has 0 saturated carbocycles. The number of carbonyl (C=O) groups excluding carboxylic acids is 2. The zero-order chi connectivity index (χ0) is 15.8. The Morgan fingerprint density at radius 3 is 2.71 bits per heavy atom. The number of carboxylic acids is 1. The first-order valence-corrected chi connectivity index (χ1v) is 6.33. The van der Waals surface area contributed by atoms with E-state index in [-0.39, 0.29) is 24.2 Å². The van der Waals surface area contributed by atoms with Crippen molar-refractivity contribution in [1.29, 1.82) is 0 Å². The second-order valence-corrected chi connectivity index (χ2v) is 5.40. The second-order valence-electron chi connectivity index (χ2n) is 5.40. The summed E-state index contributed by atoms with van der Waals surface area (Å²) < 4.78 is 13.8. The minimum atomic E-state index is -1.16. The van der Waals surface area contributed by atoms with Crippen LogP contribution in [0.15, 0.2) is 18.2 Å². The summed E-state index contributed by atoms with van der Waals surface area (Å²) in [5.74, 6) is -2.67. The first kappa shape index (κ1) is 15.1. The number of nitrogens with one attached hydrogen (secondary N) is 1. The SMILES string of the molecule is CC1(C)C(=O)NC(=O)CN1Cc1cc(C(=O)O)ccc1F. The molecule has 0 unspecified atom stereocenters. The zero-order valence-corrected chi connectivity index (χ0v) is 11.6. The van der Waals surface area contributed by atoms with E-state index in [0.29, 0.717) is 0 Å². The van der Waals surface area contributed by atoms with Gasteiger partial charge in [-0.05, 0) is 32.0 Å². The van der Waals surface area contributed by atoms with E-state index in [2.05, 4.69) is 5.32 Å². The molecule has 1 aromatic carbocycles. The van der Waals surface area contributed by atoms with E-state index < -0.39 is 29.1 Å². The molecule has 0 spiro atoms. The van der Waals surface area contributed by atoms with Gasteiger partial charge in [0, 0.05) is 12.1 Å². The number of piperazine rings is 1. The van der Waals surface area contributed by atoms with E-state index in [1.54, 1.807) is 13.8 Å². The minimum absolute atomic E-state index is 0.0287. The molecule has 2 rings (SSSR count). The number of nitrogens with zero attached hydrogens (tertiary/aromatic N) is 1. The smallest absolute Gasteiger partial charge is 0.335 e. The van der Waals surface area contributed by atoms with Crippen LogP contribution >= 0.6 is 0 Å². The van der Waals surface area contributed by atoms with Gasteiger partial charge in [0.1, 0.15) is 5.82 Å². The molecule has 0 atom stereocenters. The van der Waals surface area contributed by atoms with Gasteiger partial charge >= 0.3 is 5.97 Å². The summed E-state index contributed by atoms with van der Waals surface area (Å²) in [4.78, 5) is 35.7. The van der Waals surface area contributed by atoms with Crippen molar-refractivity contribution in [2.24, 2.45) is 0 Å². The van der Waals surface area contributed by atoms with Crippen molar-refractivity contribution in [3.8, 4) is 0 Å². The van der Waals surface area contributed by atoms with Gasteiger partial charge in [-0.3, -0.25) is 19.8 Å². The molecular formula is C14H15FN2O4. The van der Waals surface area contributed by atoms with Crippen LogP contribution in [0.25, 0.3) is 0 Å². The molecule has 0 aromatic heterocycles. The van der Waals surface area contributed by atoms with Crippen molar-refractivity contribution in [2.75, 3.05) is 6.54 Å². The predicted octanol–water partition coefficient (Wildman–Crippen LogP) is 0.761. The highest BCUT2D eigenvalue weighted by Crippen LogP contribution is 2.22. The molecule has 1 saturated heterocycles. The van der Waals surface area contributed by atoms with Crippen LogP contribution in [0.2, 0.25) is 0 Å². The number of amides is 2. The van der Waals surface area contributed by atoms with E-state index >= 15 is 0 Å². The molecule has 21 heavy (non-hydrogen) atoms. The van der Waals surface area contributed by atoms with Gasteiger partial charge in [0.2, 0.25) is 11.8 Å². The van der Waals surface area contributed by atoms with Crippen LogP contribution in [0, 0.1) is 5.82 Å². The lowest BCUT2D eigenvalue weighted by Gasteiger charge is -2.40. The maximum Gasteiger partial charge on any atom is 0.335 e. The molecule has 6 nitrogen and oxygen atoms in total. The van der Waals surface area contributed by atoms with Gasteiger partial charge in [-0.15, -0.1) is 0 Å². The van der Waals surface area contributed by atoms with Crippen LogP contribution in [0.5, 0.6) is 0 Å². The van der Waals surface area contributed by atoms with E-state index in [4.69, 9.17) is 5.11 Å². The first-order chi connectivity index (χ1) is 9.71. The number of rotatable bonds is 3. The molecule has 2 N–H and O–H groups in total. The van der Waals surface area contributed by atoms with E-state index in [1.807, 2.05) is 0 Å². The average Bonchev–Trinajstić information content (AvgIpc) is 2.38. The molecule has 0 radical (unpaired) electrons. The van der Waals surface area contributed by atoms with Crippen molar-refractivity contribution in [2.45, 2.75) is 25.9 Å². The molecule has 1 aliphatic rings. The molecule has 1 aromatic rings. The largest absolute Gasteiger partial charge is 0.478 e. The summed E-state index contributed by atoms with van der Waals surface area (Å²) in [6.07, 6.45) is 0. The van der Waals surface area contributed by atoms with Gasteiger partial charge < -0.3 is 5.11 Å². The fourth-order valence-corrected chi connectivity index (χ4v) is 2.12. The van der Waals surface area contributed by atoms with Gasteiger partial charge in [0.05, 0.1) is 17.6 Å². The number of hydrogen-bond acceptors (Lipinski definition) is 4. The third-order valence-electron chi connectivity index (χ3n) is 3.59. The van der Waals surface area contributed by atoms with Gasteiger partial charge in [-0.1, -0.05) is 0 Å². The highest BCUT2D eigenvalue weighted by Gasteiger charge is 2.40. The van der Waals surface area contributed by atoms with E-state index in [0.717, 1.165) is 6.07 Å². The normalized spacial score (nSPS) is 18.4. The lowest BCUT2D eigenvalue weighted by molar-refractivity contribution is -0.145. The number of halogens is 1. The molecule has 0 bridgehead atoms. The lowest BCUT2D eigenvalue weighted by atomic mass is 9.97. The Bertz CT molecular complexity index is 627. The molecule has 1 fully saturated rings. The Morgan fingerprint density at radius 2 is 2.10 bits per heavy atom. The first-order valence-electron chi connectivity index (χ1n) is 6.33. The van der Waals surface area contributed by atoms with Crippen LogP contribution in [0.1, 0.15) is 29.8 Å². The topological polar surface area (TPSA) is 86.7 Å². The maximum atomic E-state index is 13.8. The zero-order valence-electron chi connectivity index (χ0n) is 11.6. The Hall–Kier alpha value is -2.28. The summed E-state index contributed by atoms with van der Waals surface area (Å²) in [5.41, 5.74) is -0.901. The molecule has 2 amide bonds. The number of carboxylic acid groups (broad SMARTS) is 1. The maximum absolute atomic E-state index is 13.8. The van der Waals surface area contributed by atoms with Crippen LogP contribution in [-0.2, 0) is 16.1 Å². The molecule has 112 valence electrons. The van der Waals surface area contributed by atoms with Gasteiger partial charge in [-0.25, -0.2) is 9.18 Å². The van der Waals surface area contributed by atoms with Crippen molar-refractivity contribution in [3.05, 3.63) is 35.1 Å². The summed E-state index contributed by atoms with van der Waals surface area (Å²) in [6.45, 7) is 3.15. The van der Waals surface area contributed by atoms with Crippen molar-refractivity contribution in [3.63, 3.8) is 0 Å². The Balaban J connectivity index is 2.32. The molecule has 7 heteroatoms. The third-order valence-corrected chi connectivity index (χ3v) is 3.59. The predicted molar refractivity (Wildman–Crippen MR) is 71.0 cm³/mol. The van der Waals surface area contributed by atoms with Crippen molar-refractivity contribution < 1.29 is 23.9 Å². The summed E-state index contributed by atoms with van der Waals surface area (Å²) in [6, 6.07) is 3.45. The molecule has 0 aliphatic carbocycles. The van der Waals surface area contributed by atoms with Crippen LogP contribution in [0.4, 0.5) is 4.39 Å². The minimum Gasteiger partial charge on any atom is -0.478 e. The van der Waals surface area contributed by atoms with Crippen molar-refractivity contribution >= 4 is 17.8 Å². The Kier molecular flexibility index (Phi) is 3.78. The Labute approximate surface area is 120 Å². The lowest BCUT2D eigenvalue weighted by Crippen LogP contribution is -2.63. The summed E-state index contributed by atoms with van der Waals surface area (Å²) in [5, 5.41) is 11.2. The van der Waals surface area contributed by atoms with Crippen LogP contribution in [0.3, 0.4) is 0 Å². The van der Waals surface area contributed by atoms with E-state index in [9.17, 15) is 18.8 Å². The highest BCUT2D eigenvalue weighted by atomic mass is 19.1. The van der Waals surface area contributed by atoms with Crippen LogP contribution in [-0.4, -0.2) is 39.9 Å². The fraction of sp³-hybridized carbons (Fsp3) is 0.357. The quantitative estimate of drug-likeness (QED) is 0.804.